The summed E-state index contributed by atoms with van der Waals surface area (Å²) < 4.78 is 28.0. The Bertz CT molecular complexity index is 572. The molecule has 0 saturated heterocycles. The molecule has 0 saturated carbocycles. The van der Waals surface area contributed by atoms with Crippen molar-refractivity contribution in [3.8, 4) is 0 Å². The van der Waals surface area contributed by atoms with Gasteiger partial charge in [-0.15, -0.1) is 0 Å². The molecule has 2 nitrogen and oxygen atoms in total. The fraction of sp³-hybridized carbons (Fsp3) is 0.182. The van der Waals surface area contributed by atoms with Crippen LogP contribution >= 0.6 is 12.2 Å². The third kappa shape index (κ3) is 2.19. The fourth-order valence-electron chi connectivity index (χ4n) is 1.52. The van der Waals surface area contributed by atoms with E-state index in [4.69, 9.17) is 12.2 Å². The molecule has 1 heterocycles. The number of aryl methyl sites for hydroxylation is 1. The van der Waals surface area contributed by atoms with Crippen molar-refractivity contribution in [1.82, 2.24) is 9.55 Å². The predicted octanol–water partition coefficient (Wildman–Crippen LogP) is 3.18. The smallest absolute Gasteiger partial charge is 0.177 e. The second-order valence-electron chi connectivity index (χ2n) is 3.62. The van der Waals surface area contributed by atoms with E-state index in [0.717, 1.165) is 11.8 Å². The molecule has 1 N–H and O–H groups in total. The maximum Gasteiger partial charge on any atom is 0.177 e. The Kier molecular flexibility index (Phi) is 2.87. The topological polar surface area (TPSA) is 20.7 Å². The van der Waals surface area contributed by atoms with Crippen LogP contribution in [0.1, 0.15) is 11.3 Å². The molecule has 16 heavy (non-hydrogen) atoms. The van der Waals surface area contributed by atoms with E-state index < -0.39 is 11.6 Å². The van der Waals surface area contributed by atoms with Gasteiger partial charge in [-0.05, 0) is 36.8 Å². The number of rotatable bonds is 2. The van der Waals surface area contributed by atoms with E-state index in [-0.39, 0.29) is 0 Å². The maximum atomic E-state index is 13.0. The summed E-state index contributed by atoms with van der Waals surface area (Å²) in [4.78, 5) is 2.96. The zero-order valence-corrected chi connectivity index (χ0v) is 9.44. The summed E-state index contributed by atoms with van der Waals surface area (Å²) in [5, 5.41) is 0. The number of imidazole rings is 1. The second kappa shape index (κ2) is 4.17. The second-order valence-corrected chi connectivity index (χ2v) is 4.01. The van der Waals surface area contributed by atoms with E-state index in [1.165, 1.54) is 6.07 Å². The summed E-state index contributed by atoms with van der Waals surface area (Å²) in [5.74, 6) is -1.67. The van der Waals surface area contributed by atoms with Crippen molar-refractivity contribution in [2.75, 3.05) is 0 Å². The molecular weight excluding hydrogens is 230 g/mol. The predicted molar refractivity (Wildman–Crippen MR) is 59.8 cm³/mol. The van der Waals surface area contributed by atoms with Crippen LogP contribution in [0.3, 0.4) is 0 Å². The normalized spacial score (nSPS) is 10.7. The van der Waals surface area contributed by atoms with Crippen LogP contribution in [-0.4, -0.2) is 9.55 Å². The van der Waals surface area contributed by atoms with Gasteiger partial charge < -0.3 is 9.55 Å². The molecular formula is C11H10F2N2S. The third-order valence-corrected chi connectivity index (χ3v) is 2.59. The summed E-state index contributed by atoms with van der Waals surface area (Å²) in [7, 11) is 0. The van der Waals surface area contributed by atoms with Gasteiger partial charge in [-0.1, -0.05) is 6.07 Å². The highest BCUT2D eigenvalue weighted by Gasteiger charge is 2.04. The molecule has 0 radical (unpaired) electrons. The van der Waals surface area contributed by atoms with E-state index in [1.54, 1.807) is 10.6 Å². The molecule has 0 aliphatic heterocycles. The summed E-state index contributed by atoms with van der Waals surface area (Å²) in [6.45, 7) is 2.32. The molecule has 0 aliphatic rings. The molecule has 0 spiro atoms. The summed E-state index contributed by atoms with van der Waals surface area (Å²) in [6.07, 6.45) is 1.84. The fourth-order valence-corrected chi connectivity index (χ4v) is 1.80. The van der Waals surface area contributed by atoms with Crippen LogP contribution in [0, 0.1) is 23.3 Å². The van der Waals surface area contributed by atoms with E-state index in [9.17, 15) is 8.78 Å². The minimum absolute atomic E-state index is 0.431. The Morgan fingerprint density at radius 2 is 2.06 bits per heavy atom. The summed E-state index contributed by atoms with van der Waals surface area (Å²) in [6, 6.07) is 3.84. The van der Waals surface area contributed by atoms with Crippen molar-refractivity contribution >= 4 is 12.2 Å². The molecule has 0 fully saturated rings. The molecule has 0 aliphatic carbocycles. The van der Waals surface area contributed by atoms with Crippen LogP contribution in [0.2, 0.25) is 0 Å². The van der Waals surface area contributed by atoms with Crippen LogP contribution in [0.25, 0.3) is 0 Å². The van der Waals surface area contributed by atoms with Crippen molar-refractivity contribution in [1.29, 1.82) is 0 Å². The minimum Gasteiger partial charge on any atom is -0.335 e. The Labute approximate surface area is 96.5 Å². The first-order chi connectivity index (χ1) is 7.56. The maximum absolute atomic E-state index is 13.0. The Balaban J connectivity index is 2.30. The average molecular weight is 240 g/mol. The number of benzene rings is 1. The van der Waals surface area contributed by atoms with Gasteiger partial charge >= 0.3 is 0 Å². The number of H-pyrrole nitrogens is 1. The number of aromatic nitrogens is 2. The van der Waals surface area contributed by atoms with Crippen LogP contribution < -0.4 is 0 Å². The lowest BCUT2D eigenvalue weighted by Crippen LogP contribution is -1.99. The Hall–Kier alpha value is -1.49. The molecule has 0 unspecified atom stereocenters. The number of hydrogen-bond donors (Lipinski definition) is 1. The van der Waals surface area contributed by atoms with Crippen molar-refractivity contribution < 1.29 is 8.78 Å². The highest BCUT2D eigenvalue weighted by molar-refractivity contribution is 7.71. The van der Waals surface area contributed by atoms with Crippen molar-refractivity contribution in [2.45, 2.75) is 13.5 Å². The summed E-state index contributed by atoms with van der Waals surface area (Å²) in [5.41, 5.74) is 1.61. The molecule has 1 aromatic carbocycles. The van der Waals surface area contributed by atoms with Crippen LogP contribution in [0.15, 0.2) is 24.4 Å². The molecule has 2 aromatic rings. The van der Waals surface area contributed by atoms with Crippen molar-refractivity contribution in [3.63, 3.8) is 0 Å². The summed E-state index contributed by atoms with van der Waals surface area (Å²) >= 11 is 5.07. The van der Waals surface area contributed by atoms with Gasteiger partial charge in [-0.2, -0.15) is 0 Å². The first-order valence-corrected chi connectivity index (χ1v) is 5.17. The number of halogens is 2. The van der Waals surface area contributed by atoms with Crippen LogP contribution in [0.4, 0.5) is 8.78 Å². The van der Waals surface area contributed by atoms with E-state index in [1.807, 2.05) is 13.1 Å². The van der Waals surface area contributed by atoms with Gasteiger partial charge in [-0.3, -0.25) is 0 Å². The van der Waals surface area contributed by atoms with Crippen LogP contribution in [-0.2, 0) is 6.54 Å². The van der Waals surface area contributed by atoms with Gasteiger partial charge in [0.25, 0.3) is 0 Å². The molecule has 2 rings (SSSR count). The van der Waals surface area contributed by atoms with Gasteiger partial charge in [0.1, 0.15) is 0 Å². The Morgan fingerprint density at radius 1 is 1.31 bits per heavy atom. The van der Waals surface area contributed by atoms with Gasteiger partial charge in [0, 0.05) is 18.4 Å². The van der Waals surface area contributed by atoms with Gasteiger partial charge in [0.2, 0.25) is 0 Å². The quantitative estimate of drug-likeness (QED) is 0.799. The monoisotopic (exact) mass is 240 g/mol. The largest absolute Gasteiger partial charge is 0.335 e. The lowest BCUT2D eigenvalue weighted by molar-refractivity contribution is 0.506. The molecule has 1 aromatic heterocycles. The van der Waals surface area contributed by atoms with Crippen molar-refractivity contribution in [3.05, 3.63) is 52.1 Å². The third-order valence-electron chi connectivity index (χ3n) is 2.25. The van der Waals surface area contributed by atoms with Gasteiger partial charge in [0.15, 0.2) is 16.4 Å². The van der Waals surface area contributed by atoms with Gasteiger partial charge in [0.05, 0.1) is 0 Å². The van der Waals surface area contributed by atoms with Crippen LogP contribution in [0.5, 0.6) is 0 Å². The number of hydrogen-bond acceptors (Lipinski definition) is 1. The van der Waals surface area contributed by atoms with E-state index in [0.29, 0.717) is 16.9 Å². The molecule has 84 valence electrons. The lowest BCUT2D eigenvalue weighted by atomic mass is 10.2. The molecule has 0 bridgehead atoms. The average Bonchev–Trinajstić information content (AvgIpc) is 2.51. The SMILES string of the molecule is Cc1cn(Cc2ccc(F)c(F)c2)c(=S)[nH]1. The minimum atomic E-state index is -0.837. The first-order valence-electron chi connectivity index (χ1n) is 4.76. The molecule has 5 heteroatoms. The van der Waals surface area contributed by atoms with E-state index in [2.05, 4.69) is 4.98 Å². The highest BCUT2D eigenvalue weighted by atomic mass is 32.1. The molecule has 0 amide bonds. The number of nitrogens with zero attached hydrogens (tertiary/aromatic N) is 1. The number of aromatic amines is 1. The van der Waals surface area contributed by atoms with E-state index >= 15 is 0 Å². The zero-order valence-electron chi connectivity index (χ0n) is 8.63. The highest BCUT2D eigenvalue weighted by Crippen LogP contribution is 2.10. The van der Waals surface area contributed by atoms with Gasteiger partial charge in [-0.25, -0.2) is 8.78 Å². The standard InChI is InChI=1S/C11H10F2N2S/c1-7-5-15(11(16)14-7)6-8-2-3-9(12)10(13)4-8/h2-5H,6H2,1H3,(H,14,16). The Morgan fingerprint density at radius 3 is 2.62 bits per heavy atom. The van der Waals surface area contributed by atoms with Crippen molar-refractivity contribution in [2.24, 2.45) is 0 Å². The zero-order chi connectivity index (χ0) is 11.7. The lowest BCUT2D eigenvalue weighted by Gasteiger charge is -2.03. The first kappa shape index (κ1) is 11.0. The molecule has 0 atom stereocenters. The number of nitrogens with one attached hydrogen (secondary N) is 1.